The maximum atomic E-state index is 13.8. The number of rotatable bonds is 9. The minimum Gasteiger partial charge on any atom is -0.464 e. The van der Waals surface area contributed by atoms with Crippen LogP contribution >= 0.6 is 40.5 Å². The molecular formula is C19H29F2NO5S3. The highest BCUT2D eigenvalue weighted by Gasteiger charge is 2.51. The fourth-order valence-corrected chi connectivity index (χ4v) is 2.81. The molecule has 1 aromatic rings. The first-order valence-electron chi connectivity index (χ1n) is 8.84. The van der Waals surface area contributed by atoms with Crippen LogP contribution in [0.3, 0.4) is 0 Å². The molecule has 0 spiro atoms. The quantitative estimate of drug-likeness (QED) is 0.429. The van der Waals surface area contributed by atoms with Crippen LogP contribution in [0.4, 0.5) is 14.5 Å². The molecule has 1 N–H and O–H groups in total. The van der Waals surface area contributed by atoms with Crippen molar-refractivity contribution in [1.82, 2.24) is 0 Å². The smallest absolute Gasteiger partial charge is 0.338 e. The second-order valence-electron chi connectivity index (χ2n) is 6.81. The first-order valence-corrected chi connectivity index (χ1v) is 8.84. The van der Waals surface area contributed by atoms with E-state index in [4.69, 9.17) is 9.47 Å². The maximum Gasteiger partial charge on any atom is 0.338 e. The van der Waals surface area contributed by atoms with Gasteiger partial charge in [0.15, 0.2) is 18.0 Å². The normalized spacial score (nSPS) is 17.5. The lowest BCUT2D eigenvalue weighted by molar-refractivity contribution is -0.144. The van der Waals surface area contributed by atoms with E-state index >= 15 is 0 Å². The molecule has 1 amide bonds. The number of carbonyl (C=O) groups is 3. The lowest BCUT2D eigenvalue weighted by Crippen LogP contribution is -2.29. The van der Waals surface area contributed by atoms with Gasteiger partial charge in [0, 0.05) is 12.3 Å². The highest BCUT2D eigenvalue weighted by Crippen LogP contribution is 2.29. The van der Waals surface area contributed by atoms with Crippen LogP contribution in [0.2, 0.25) is 0 Å². The van der Waals surface area contributed by atoms with Gasteiger partial charge in [0.05, 0.1) is 6.61 Å². The lowest BCUT2D eigenvalue weighted by atomic mass is 9.90. The summed E-state index contributed by atoms with van der Waals surface area (Å²) in [5, 5.41) is 2.23. The van der Waals surface area contributed by atoms with Crippen LogP contribution in [0.15, 0.2) is 18.2 Å². The van der Waals surface area contributed by atoms with E-state index in [1.807, 2.05) is 13.8 Å². The van der Waals surface area contributed by atoms with Gasteiger partial charge in [-0.15, -0.1) is 0 Å². The second-order valence-corrected chi connectivity index (χ2v) is 6.81. The number of benzene rings is 1. The minimum atomic E-state index is -0.941. The third-order valence-corrected chi connectivity index (χ3v) is 4.11. The van der Waals surface area contributed by atoms with Crippen molar-refractivity contribution in [2.75, 3.05) is 11.9 Å². The molecule has 0 radical (unpaired) electrons. The van der Waals surface area contributed by atoms with Crippen molar-refractivity contribution in [3.05, 3.63) is 29.8 Å². The lowest BCUT2D eigenvalue weighted by Gasteiger charge is -2.18. The third-order valence-electron chi connectivity index (χ3n) is 4.11. The number of ketones is 1. The summed E-state index contributed by atoms with van der Waals surface area (Å²) >= 11 is 0. The van der Waals surface area contributed by atoms with Gasteiger partial charge in [-0.2, -0.15) is 40.5 Å². The highest BCUT2D eigenvalue weighted by molar-refractivity contribution is 7.59. The predicted octanol–water partition coefficient (Wildman–Crippen LogP) is 3.19. The van der Waals surface area contributed by atoms with Gasteiger partial charge in [-0.25, -0.2) is 13.6 Å². The van der Waals surface area contributed by atoms with Crippen molar-refractivity contribution in [1.29, 1.82) is 0 Å². The van der Waals surface area contributed by atoms with E-state index in [9.17, 15) is 23.2 Å². The number of ether oxygens (including phenoxy) is 2. The van der Waals surface area contributed by atoms with Crippen LogP contribution in [0.5, 0.6) is 0 Å². The Labute approximate surface area is 195 Å². The molecule has 3 atom stereocenters. The number of esters is 1. The Morgan fingerprint density at radius 2 is 1.67 bits per heavy atom. The van der Waals surface area contributed by atoms with E-state index in [0.717, 1.165) is 12.1 Å². The van der Waals surface area contributed by atoms with Gasteiger partial charge in [-0.3, -0.25) is 9.59 Å². The van der Waals surface area contributed by atoms with E-state index in [-0.39, 0.29) is 59.4 Å². The number of hydrogen-bond acceptors (Lipinski definition) is 5. The zero-order valence-electron chi connectivity index (χ0n) is 17.0. The zero-order chi connectivity index (χ0) is 20.1. The number of carbonyl (C=O) groups excluding carboxylic acids is 3. The van der Waals surface area contributed by atoms with Crippen LogP contribution in [-0.4, -0.2) is 36.5 Å². The molecule has 0 unspecified atom stereocenters. The molecule has 1 aliphatic heterocycles. The van der Waals surface area contributed by atoms with Crippen LogP contribution in [0.1, 0.15) is 33.6 Å². The Kier molecular flexibility index (Phi) is 14.3. The molecule has 6 nitrogen and oxygen atoms in total. The molecule has 0 aromatic heterocycles. The molecule has 0 aliphatic carbocycles. The zero-order valence-corrected chi connectivity index (χ0v) is 20.0. The molecule has 1 aromatic carbocycles. The van der Waals surface area contributed by atoms with Crippen molar-refractivity contribution in [3.8, 4) is 0 Å². The third kappa shape index (κ3) is 8.44. The summed E-state index contributed by atoms with van der Waals surface area (Å²) in [5.41, 5.74) is -0.546. The second kappa shape index (κ2) is 13.9. The van der Waals surface area contributed by atoms with Gasteiger partial charge in [-0.1, -0.05) is 19.9 Å². The first-order chi connectivity index (χ1) is 12.7. The van der Waals surface area contributed by atoms with Crippen molar-refractivity contribution < 1.29 is 32.6 Å². The summed E-state index contributed by atoms with van der Waals surface area (Å²) in [7, 11) is 0. The Hall–Kier alpha value is -1.30. The number of nitrogens with one attached hydrogen (secondary N) is 1. The Bertz CT molecular complexity index is 716. The van der Waals surface area contributed by atoms with Gasteiger partial charge in [0.2, 0.25) is 5.91 Å². The van der Waals surface area contributed by atoms with Gasteiger partial charge >= 0.3 is 5.97 Å². The summed E-state index contributed by atoms with van der Waals surface area (Å²) in [6.45, 7) is 5.54. The van der Waals surface area contributed by atoms with E-state index in [1.54, 1.807) is 6.92 Å². The van der Waals surface area contributed by atoms with Crippen LogP contribution < -0.4 is 5.32 Å². The molecule has 1 aliphatic rings. The number of para-hydroxylation sites is 1. The molecule has 1 heterocycles. The molecule has 1 saturated heterocycles. The SMILES string of the molecule is CCOC(=O)[C@H]1O[C@@H]1C(=O)C[C@@H](CC(C)C)C(=O)Nc1c(F)cccc1F.S.S.S. The largest absolute Gasteiger partial charge is 0.464 e. The van der Waals surface area contributed by atoms with E-state index < -0.39 is 53.1 Å². The topological polar surface area (TPSA) is 85.0 Å². The van der Waals surface area contributed by atoms with Crippen LogP contribution in [0, 0.1) is 23.5 Å². The maximum absolute atomic E-state index is 13.8. The molecule has 30 heavy (non-hydrogen) atoms. The number of hydrogen-bond donors (Lipinski definition) is 1. The molecule has 1 fully saturated rings. The Morgan fingerprint density at radius 3 is 2.17 bits per heavy atom. The van der Waals surface area contributed by atoms with Crippen LogP contribution in [-0.2, 0) is 23.9 Å². The Balaban J connectivity index is 0. The molecule has 0 bridgehead atoms. The van der Waals surface area contributed by atoms with Crippen molar-refractivity contribution in [3.63, 3.8) is 0 Å². The van der Waals surface area contributed by atoms with Gasteiger partial charge < -0.3 is 14.8 Å². The van der Waals surface area contributed by atoms with Crippen molar-refractivity contribution >= 4 is 63.8 Å². The molecule has 0 saturated carbocycles. The summed E-state index contributed by atoms with van der Waals surface area (Å²) in [4.78, 5) is 36.4. The average Bonchev–Trinajstić information content (AvgIpc) is 3.38. The van der Waals surface area contributed by atoms with E-state index in [2.05, 4.69) is 5.32 Å². The monoisotopic (exact) mass is 485 g/mol. The summed E-state index contributed by atoms with van der Waals surface area (Å²) in [6.07, 6.45) is -1.73. The fourth-order valence-electron chi connectivity index (χ4n) is 2.81. The van der Waals surface area contributed by atoms with Crippen molar-refractivity contribution in [2.24, 2.45) is 11.8 Å². The first kappa shape index (κ1) is 30.9. The molecule has 11 heteroatoms. The van der Waals surface area contributed by atoms with Crippen LogP contribution in [0.25, 0.3) is 0 Å². The molecule has 172 valence electrons. The van der Waals surface area contributed by atoms with Gasteiger partial charge in [0.25, 0.3) is 0 Å². The summed E-state index contributed by atoms with van der Waals surface area (Å²) < 4.78 is 37.4. The van der Waals surface area contributed by atoms with E-state index in [1.165, 1.54) is 6.07 Å². The number of amides is 1. The van der Waals surface area contributed by atoms with Gasteiger partial charge in [0.1, 0.15) is 17.3 Å². The van der Waals surface area contributed by atoms with Gasteiger partial charge in [-0.05, 0) is 31.4 Å². The highest BCUT2D eigenvalue weighted by atomic mass is 32.1. The Morgan fingerprint density at radius 1 is 1.10 bits per heavy atom. The minimum absolute atomic E-state index is 0. The number of Topliss-reactive ketones (excluding diaryl/α,β-unsaturated/α-hetero) is 1. The number of epoxide rings is 1. The van der Waals surface area contributed by atoms with E-state index in [0.29, 0.717) is 6.42 Å². The summed E-state index contributed by atoms with van der Waals surface area (Å²) in [5.74, 6) is -4.22. The number of anilines is 1. The number of halogens is 2. The van der Waals surface area contributed by atoms with Crippen molar-refractivity contribution in [2.45, 2.75) is 45.8 Å². The average molecular weight is 486 g/mol. The fraction of sp³-hybridized carbons (Fsp3) is 0.526. The predicted molar refractivity (Wildman–Crippen MR) is 124 cm³/mol. The molecule has 2 rings (SSSR count). The standard InChI is InChI=1S/C19H23F2NO5.3H2S/c1-4-26-19(25)17-16(27-17)14(23)9-11(8-10(2)3)18(24)22-15-12(20)6-5-7-13(15)21;;;/h5-7,10-11,16-17H,4,8-9H2,1-3H3,(H,22,24);3*1H2/t11-,16-,17+;;;/m1.../s1. The summed E-state index contributed by atoms with van der Waals surface area (Å²) in [6, 6.07) is 3.25. The molecular weight excluding hydrogens is 456 g/mol.